The first kappa shape index (κ1) is 29.3. The van der Waals surface area contributed by atoms with Crippen LogP contribution in [-0.4, -0.2) is 24.9 Å². The summed E-state index contributed by atoms with van der Waals surface area (Å²) in [5.74, 6) is 2.62. The Hall–Kier alpha value is -6.85. The van der Waals surface area contributed by atoms with Gasteiger partial charge in [0.05, 0.1) is 11.2 Å². The van der Waals surface area contributed by atoms with Gasteiger partial charge < -0.3 is 0 Å². The number of hydrogen-bond donors (Lipinski definition) is 0. The van der Waals surface area contributed by atoms with Crippen molar-refractivity contribution in [3.8, 4) is 67.9 Å². The zero-order valence-corrected chi connectivity index (χ0v) is 27.0. The second kappa shape index (κ2) is 12.6. The van der Waals surface area contributed by atoms with E-state index >= 15 is 0 Å². The lowest BCUT2D eigenvalue weighted by atomic mass is 9.97. The fraction of sp³-hybridized carbons (Fsp3) is 0. The highest BCUT2D eigenvalue weighted by Gasteiger charge is 2.16. The van der Waals surface area contributed by atoms with Gasteiger partial charge in [-0.25, -0.2) is 24.9 Å². The molecule has 0 unspecified atom stereocenters. The van der Waals surface area contributed by atoms with Gasteiger partial charge in [-0.05, 0) is 34.0 Å². The monoisotopic (exact) mass is 639 g/mol. The van der Waals surface area contributed by atoms with Crippen LogP contribution in [0.4, 0.5) is 0 Å². The molecule has 0 aliphatic heterocycles. The van der Waals surface area contributed by atoms with Crippen LogP contribution in [0.15, 0.2) is 176 Å². The Balaban J connectivity index is 1.13. The predicted octanol–water partition coefficient (Wildman–Crippen LogP) is 11.0. The Kier molecular flexibility index (Phi) is 7.41. The van der Waals surface area contributed by atoms with Gasteiger partial charge in [0.1, 0.15) is 0 Å². The van der Waals surface area contributed by atoms with Gasteiger partial charge in [0, 0.05) is 33.2 Å². The van der Waals surface area contributed by atoms with E-state index < -0.39 is 0 Å². The number of benzene rings is 7. The molecule has 0 N–H and O–H groups in total. The number of aromatic nitrogens is 5. The van der Waals surface area contributed by atoms with Crippen molar-refractivity contribution in [2.24, 2.45) is 0 Å². The maximum Gasteiger partial charge on any atom is 0.164 e. The fourth-order valence-electron chi connectivity index (χ4n) is 6.42. The molecule has 0 aliphatic carbocycles. The number of hydrogen-bond acceptors (Lipinski definition) is 5. The molecule has 0 radical (unpaired) electrons. The molecule has 0 amide bonds. The van der Waals surface area contributed by atoms with Crippen molar-refractivity contribution in [2.45, 2.75) is 0 Å². The predicted molar refractivity (Wildman–Crippen MR) is 203 cm³/mol. The van der Waals surface area contributed by atoms with Crippen molar-refractivity contribution in [2.75, 3.05) is 0 Å². The average molecular weight is 640 g/mol. The molecule has 0 saturated carbocycles. The van der Waals surface area contributed by atoms with Crippen molar-refractivity contribution in [1.29, 1.82) is 0 Å². The van der Waals surface area contributed by atoms with Gasteiger partial charge >= 0.3 is 0 Å². The zero-order chi connectivity index (χ0) is 33.3. The normalized spacial score (nSPS) is 11.2. The van der Waals surface area contributed by atoms with E-state index in [4.69, 9.17) is 24.9 Å². The molecule has 234 valence electrons. The summed E-state index contributed by atoms with van der Waals surface area (Å²) in [6.45, 7) is 0. The van der Waals surface area contributed by atoms with Crippen LogP contribution in [0.5, 0.6) is 0 Å². The van der Waals surface area contributed by atoms with Crippen LogP contribution in [0, 0.1) is 0 Å². The molecule has 5 nitrogen and oxygen atoms in total. The standard InChI is InChI=1S/C45H29N5/c1-4-14-33(15-5-1)42-46-39-28-27-31-13-10-11-22-38(31)40(39)41(47-42)32-25-23-30(24-26-32)36-20-12-21-37(29-36)45-49-43(34-16-6-2-7-17-34)48-44(50-45)35-18-8-3-9-19-35/h1-29H. The summed E-state index contributed by atoms with van der Waals surface area (Å²) >= 11 is 0. The molecule has 5 heteroatoms. The average Bonchev–Trinajstić information content (AvgIpc) is 3.21. The highest BCUT2D eigenvalue weighted by atomic mass is 15.0. The van der Waals surface area contributed by atoms with Gasteiger partial charge in [-0.15, -0.1) is 0 Å². The summed E-state index contributed by atoms with van der Waals surface area (Å²) in [4.78, 5) is 24.9. The summed E-state index contributed by atoms with van der Waals surface area (Å²) in [7, 11) is 0. The van der Waals surface area contributed by atoms with Crippen molar-refractivity contribution < 1.29 is 0 Å². The summed E-state index contributed by atoms with van der Waals surface area (Å²) in [6.07, 6.45) is 0. The second-order valence-corrected chi connectivity index (χ2v) is 12.1. The largest absolute Gasteiger partial charge is 0.228 e. The third-order valence-electron chi connectivity index (χ3n) is 8.93. The summed E-state index contributed by atoms with van der Waals surface area (Å²) in [6, 6.07) is 60.0. The Morgan fingerprint density at radius 2 is 0.760 bits per heavy atom. The van der Waals surface area contributed by atoms with E-state index in [1.807, 2.05) is 78.9 Å². The van der Waals surface area contributed by atoms with Crippen molar-refractivity contribution in [3.05, 3.63) is 176 Å². The molecule has 0 saturated heterocycles. The minimum atomic E-state index is 0.629. The van der Waals surface area contributed by atoms with Gasteiger partial charge in [0.2, 0.25) is 0 Å². The highest BCUT2D eigenvalue weighted by molar-refractivity contribution is 6.12. The summed E-state index contributed by atoms with van der Waals surface area (Å²) < 4.78 is 0. The minimum absolute atomic E-state index is 0.629. The molecule has 0 bridgehead atoms. The summed E-state index contributed by atoms with van der Waals surface area (Å²) in [5, 5.41) is 3.35. The molecule has 2 aromatic heterocycles. The van der Waals surface area contributed by atoms with Gasteiger partial charge in [-0.3, -0.25) is 0 Å². The first-order valence-corrected chi connectivity index (χ1v) is 16.6. The lowest BCUT2D eigenvalue weighted by molar-refractivity contribution is 1.07. The van der Waals surface area contributed by atoms with Crippen LogP contribution in [0.2, 0.25) is 0 Å². The maximum atomic E-state index is 5.18. The molecular weight excluding hydrogens is 611 g/mol. The van der Waals surface area contributed by atoms with E-state index in [2.05, 4.69) is 97.1 Å². The van der Waals surface area contributed by atoms with E-state index in [0.29, 0.717) is 23.3 Å². The number of rotatable bonds is 6. The van der Waals surface area contributed by atoms with E-state index in [0.717, 1.165) is 66.3 Å². The van der Waals surface area contributed by atoms with Crippen LogP contribution >= 0.6 is 0 Å². The fourth-order valence-corrected chi connectivity index (χ4v) is 6.42. The van der Waals surface area contributed by atoms with E-state index in [1.165, 1.54) is 0 Å². The lowest BCUT2D eigenvalue weighted by Crippen LogP contribution is -2.00. The molecule has 9 rings (SSSR count). The number of fused-ring (bicyclic) bond motifs is 3. The van der Waals surface area contributed by atoms with Gasteiger partial charge in [-0.2, -0.15) is 0 Å². The zero-order valence-electron chi connectivity index (χ0n) is 27.0. The second-order valence-electron chi connectivity index (χ2n) is 12.1. The first-order valence-electron chi connectivity index (χ1n) is 16.6. The minimum Gasteiger partial charge on any atom is -0.228 e. The van der Waals surface area contributed by atoms with Crippen molar-refractivity contribution >= 4 is 21.7 Å². The van der Waals surface area contributed by atoms with Crippen LogP contribution in [-0.2, 0) is 0 Å². The molecule has 2 heterocycles. The quantitative estimate of drug-likeness (QED) is 0.169. The number of nitrogens with zero attached hydrogens (tertiary/aromatic N) is 5. The van der Waals surface area contributed by atoms with E-state index in [9.17, 15) is 0 Å². The van der Waals surface area contributed by atoms with Crippen LogP contribution in [0.1, 0.15) is 0 Å². The van der Waals surface area contributed by atoms with Gasteiger partial charge in [-0.1, -0.05) is 164 Å². The molecule has 0 atom stereocenters. The molecule has 0 spiro atoms. The van der Waals surface area contributed by atoms with Crippen molar-refractivity contribution in [1.82, 2.24) is 24.9 Å². The van der Waals surface area contributed by atoms with Crippen molar-refractivity contribution in [3.63, 3.8) is 0 Å². The molecule has 0 fully saturated rings. The van der Waals surface area contributed by atoms with Crippen LogP contribution in [0.3, 0.4) is 0 Å². The molecule has 50 heavy (non-hydrogen) atoms. The molecular formula is C45H29N5. The molecule has 0 aliphatic rings. The van der Waals surface area contributed by atoms with E-state index in [1.54, 1.807) is 0 Å². The third-order valence-corrected chi connectivity index (χ3v) is 8.93. The smallest absolute Gasteiger partial charge is 0.164 e. The third kappa shape index (κ3) is 5.57. The maximum absolute atomic E-state index is 5.18. The Labute approximate surface area is 289 Å². The van der Waals surface area contributed by atoms with Crippen LogP contribution < -0.4 is 0 Å². The SMILES string of the molecule is c1ccc(-c2nc(-c3ccccc3)nc(-c3cccc(-c4ccc(-c5nc(-c6ccccc6)nc6ccc7ccccc7c56)cc4)c3)n2)cc1. The summed E-state index contributed by atoms with van der Waals surface area (Å²) in [5.41, 5.74) is 8.82. The highest BCUT2D eigenvalue weighted by Crippen LogP contribution is 2.36. The van der Waals surface area contributed by atoms with E-state index in [-0.39, 0.29) is 0 Å². The Morgan fingerprint density at radius 3 is 1.38 bits per heavy atom. The van der Waals surface area contributed by atoms with Gasteiger partial charge in [0.25, 0.3) is 0 Å². The Bertz CT molecular complexity index is 2560. The van der Waals surface area contributed by atoms with Gasteiger partial charge in [0.15, 0.2) is 23.3 Å². The lowest BCUT2D eigenvalue weighted by Gasteiger charge is -2.13. The topological polar surface area (TPSA) is 64.5 Å². The Morgan fingerprint density at radius 1 is 0.280 bits per heavy atom. The molecule has 9 aromatic rings. The van der Waals surface area contributed by atoms with Crippen LogP contribution in [0.25, 0.3) is 89.6 Å². The first-order chi connectivity index (χ1) is 24.8. The molecule has 7 aromatic carbocycles.